The zero-order valence-electron chi connectivity index (χ0n) is 12.5. The minimum Gasteiger partial charge on any atom is -0.349 e. The highest BCUT2D eigenvalue weighted by Crippen LogP contribution is 2.22. The van der Waals surface area contributed by atoms with Crippen molar-refractivity contribution in [2.24, 2.45) is 5.92 Å². The van der Waals surface area contributed by atoms with Crippen LogP contribution in [0.25, 0.3) is 0 Å². The molecule has 110 valence electrons. The smallest absolute Gasteiger partial charge is 0.225 e. The Hall–Kier alpha value is -1.06. The molecule has 0 saturated carbocycles. The Balaban J connectivity index is 1.90. The highest BCUT2D eigenvalue weighted by molar-refractivity contribution is 6.30. The fourth-order valence-corrected chi connectivity index (χ4v) is 3.01. The first-order chi connectivity index (χ1) is 9.47. The lowest BCUT2D eigenvalue weighted by Crippen LogP contribution is -2.39. The Labute approximate surface area is 126 Å². The standard InChI is InChI=1S/C16H23ClN2O/c1-12-10-15(17)5-4-14(12)11-19-8-6-13(7-9-19)16(20)18(2)3/h4-5,10,13H,6-9,11H2,1-3H3. The van der Waals surface area contributed by atoms with Gasteiger partial charge in [-0.25, -0.2) is 0 Å². The molecule has 0 unspecified atom stereocenters. The van der Waals surface area contributed by atoms with Gasteiger partial charge < -0.3 is 4.90 Å². The molecule has 0 aliphatic carbocycles. The summed E-state index contributed by atoms with van der Waals surface area (Å²) < 4.78 is 0. The highest BCUT2D eigenvalue weighted by Gasteiger charge is 2.26. The van der Waals surface area contributed by atoms with Crippen LogP contribution in [0.5, 0.6) is 0 Å². The molecule has 4 heteroatoms. The molecule has 1 saturated heterocycles. The SMILES string of the molecule is Cc1cc(Cl)ccc1CN1CCC(C(=O)N(C)C)CC1. The predicted octanol–water partition coefficient (Wildman–Crippen LogP) is 2.95. The quantitative estimate of drug-likeness (QED) is 0.856. The van der Waals surface area contributed by atoms with Gasteiger partial charge in [-0.2, -0.15) is 0 Å². The molecule has 2 rings (SSSR count). The van der Waals surface area contributed by atoms with E-state index >= 15 is 0 Å². The maximum Gasteiger partial charge on any atom is 0.225 e. The summed E-state index contributed by atoms with van der Waals surface area (Å²) in [7, 11) is 3.68. The number of nitrogens with zero attached hydrogens (tertiary/aromatic N) is 2. The first-order valence-electron chi connectivity index (χ1n) is 7.16. The summed E-state index contributed by atoms with van der Waals surface area (Å²) in [6.45, 7) is 5.04. The first-order valence-corrected chi connectivity index (χ1v) is 7.53. The molecule has 1 fully saturated rings. The number of aryl methyl sites for hydroxylation is 1. The molecule has 1 heterocycles. The van der Waals surface area contributed by atoms with E-state index in [4.69, 9.17) is 11.6 Å². The molecule has 0 aromatic heterocycles. The van der Waals surface area contributed by atoms with Crippen molar-refractivity contribution in [3.05, 3.63) is 34.3 Å². The third-order valence-electron chi connectivity index (χ3n) is 4.08. The molecule has 0 radical (unpaired) electrons. The number of carbonyl (C=O) groups excluding carboxylic acids is 1. The number of hydrogen-bond donors (Lipinski definition) is 0. The molecular weight excluding hydrogens is 272 g/mol. The molecule has 20 heavy (non-hydrogen) atoms. The lowest BCUT2D eigenvalue weighted by Gasteiger charge is -2.32. The second-order valence-corrected chi connectivity index (χ2v) is 6.29. The summed E-state index contributed by atoms with van der Waals surface area (Å²) >= 11 is 5.99. The van der Waals surface area contributed by atoms with E-state index in [2.05, 4.69) is 17.9 Å². The molecule has 3 nitrogen and oxygen atoms in total. The number of carbonyl (C=O) groups is 1. The number of halogens is 1. The fourth-order valence-electron chi connectivity index (χ4n) is 2.78. The topological polar surface area (TPSA) is 23.6 Å². The van der Waals surface area contributed by atoms with Crippen molar-refractivity contribution in [2.45, 2.75) is 26.3 Å². The maximum absolute atomic E-state index is 11.9. The van der Waals surface area contributed by atoms with Crippen molar-refractivity contribution in [2.75, 3.05) is 27.2 Å². The van der Waals surface area contributed by atoms with Crippen LogP contribution in [-0.2, 0) is 11.3 Å². The Kier molecular flexibility index (Phi) is 5.06. The van der Waals surface area contributed by atoms with E-state index < -0.39 is 0 Å². The van der Waals surface area contributed by atoms with Crippen LogP contribution in [-0.4, -0.2) is 42.9 Å². The number of amides is 1. The summed E-state index contributed by atoms with van der Waals surface area (Å²) in [5.74, 6) is 0.472. The van der Waals surface area contributed by atoms with Crippen molar-refractivity contribution >= 4 is 17.5 Å². The fraction of sp³-hybridized carbons (Fsp3) is 0.562. The average molecular weight is 295 g/mol. The van der Waals surface area contributed by atoms with Crippen LogP contribution in [0.4, 0.5) is 0 Å². The summed E-state index contributed by atoms with van der Waals surface area (Å²) in [6.07, 6.45) is 1.92. The van der Waals surface area contributed by atoms with Crippen molar-refractivity contribution in [1.82, 2.24) is 9.80 Å². The van der Waals surface area contributed by atoms with Crippen LogP contribution in [0.15, 0.2) is 18.2 Å². The molecular formula is C16H23ClN2O. The van der Waals surface area contributed by atoms with Crippen LogP contribution in [0.1, 0.15) is 24.0 Å². The van der Waals surface area contributed by atoms with E-state index in [0.29, 0.717) is 0 Å². The van der Waals surface area contributed by atoms with Crippen molar-refractivity contribution in [3.63, 3.8) is 0 Å². The Bertz CT molecular complexity index is 479. The van der Waals surface area contributed by atoms with Crippen LogP contribution in [0.2, 0.25) is 5.02 Å². The van der Waals surface area contributed by atoms with Crippen molar-refractivity contribution < 1.29 is 4.79 Å². The first kappa shape index (κ1) is 15.3. The zero-order valence-corrected chi connectivity index (χ0v) is 13.3. The second kappa shape index (κ2) is 6.59. The third-order valence-corrected chi connectivity index (χ3v) is 4.31. The molecule has 0 bridgehead atoms. The molecule has 0 N–H and O–H groups in total. The van der Waals surface area contributed by atoms with Gasteiger partial charge in [-0.1, -0.05) is 17.7 Å². The minimum absolute atomic E-state index is 0.201. The molecule has 1 aromatic rings. The molecule has 1 amide bonds. The van der Waals surface area contributed by atoms with Crippen LogP contribution >= 0.6 is 11.6 Å². The Morgan fingerprint density at radius 3 is 2.55 bits per heavy atom. The molecule has 0 spiro atoms. The largest absolute Gasteiger partial charge is 0.349 e. The Morgan fingerprint density at radius 2 is 2.00 bits per heavy atom. The van der Waals surface area contributed by atoms with E-state index in [9.17, 15) is 4.79 Å². The van der Waals surface area contributed by atoms with Crippen molar-refractivity contribution in [1.29, 1.82) is 0 Å². The van der Waals surface area contributed by atoms with Gasteiger partial charge in [-0.15, -0.1) is 0 Å². The lowest BCUT2D eigenvalue weighted by molar-refractivity contribution is -0.134. The van der Waals surface area contributed by atoms with Gasteiger partial charge >= 0.3 is 0 Å². The van der Waals surface area contributed by atoms with Gasteiger partial charge in [0.05, 0.1) is 0 Å². The molecule has 0 atom stereocenters. The average Bonchev–Trinajstić information content (AvgIpc) is 2.42. The maximum atomic E-state index is 11.9. The summed E-state index contributed by atoms with van der Waals surface area (Å²) in [5, 5.41) is 0.793. The van der Waals surface area contributed by atoms with Crippen LogP contribution < -0.4 is 0 Å². The lowest BCUT2D eigenvalue weighted by atomic mass is 9.95. The summed E-state index contributed by atoms with van der Waals surface area (Å²) in [4.78, 5) is 16.1. The monoisotopic (exact) mass is 294 g/mol. The number of hydrogen-bond acceptors (Lipinski definition) is 2. The van der Waals surface area contributed by atoms with Gasteiger partial charge in [0, 0.05) is 31.6 Å². The van der Waals surface area contributed by atoms with Crippen molar-refractivity contribution in [3.8, 4) is 0 Å². The third kappa shape index (κ3) is 3.74. The van der Waals surface area contributed by atoms with Gasteiger partial charge in [0.1, 0.15) is 0 Å². The van der Waals surface area contributed by atoms with Gasteiger partial charge in [0.2, 0.25) is 5.91 Å². The molecule has 1 aliphatic rings. The second-order valence-electron chi connectivity index (χ2n) is 5.85. The van der Waals surface area contributed by atoms with E-state index in [1.807, 2.05) is 26.2 Å². The van der Waals surface area contributed by atoms with Crippen LogP contribution in [0.3, 0.4) is 0 Å². The zero-order chi connectivity index (χ0) is 14.7. The van der Waals surface area contributed by atoms with E-state index in [-0.39, 0.29) is 11.8 Å². The number of benzene rings is 1. The normalized spacial score (nSPS) is 17.2. The summed E-state index contributed by atoms with van der Waals surface area (Å²) in [6, 6.07) is 6.07. The molecule has 1 aromatic carbocycles. The van der Waals surface area contributed by atoms with E-state index in [1.54, 1.807) is 4.90 Å². The van der Waals surface area contributed by atoms with Crippen LogP contribution in [0, 0.1) is 12.8 Å². The predicted molar refractivity (Wildman–Crippen MR) is 82.9 cm³/mol. The van der Waals surface area contributed by atoms with E-state index in [0.717, 1.165) is 37.5 Å². The Morgan fingerprint density at radius 1 is 1.35 bits per heavy atom. The minimum atomic E-state index is 0.201. The number of rotatable bonds is 3. The van der Waals surface area contributed by atoms with E-state index in [1.165, 1.54) is 11.1 Å². The van der Waals surface area contributed by atoms with Gasteiger partial charge in [-0.3, -0.25) is 9.69 Å². The molecule has 1 aliphatic heterocycles. The van der Waals surface area contributed by atoms with Gasteiger partial charge in [-0.05, 0) is 56.1 Å². The van der Waals surface area contributed by atoms with Gasteiger partial charge in [0.15, 0.2) is 0 Å². The summed E-state index contributed by atoms with van der Waals surface area (Å²) in [5.41, 5.74) is 2.57. The number of piperidine rings is 1. The number of likely N-dealkylation sites (tertiary alicyclic amines) is 1. The van der Waals surface area contributed by atoms with Gasteiger partial charge in [0.25, 0.3) is 0 Å². The highest BCUT2D eigenvalue weighted by atomic mass is 35.5.